The predicted octanol–water partition coefficient (Wildman–Crippen LogP) is 5.76. The zero-order valence-electron chi connectivity index (χ0n) is 9.84. The van der Waals surface area contributed by atoms with Gasteiger partial charge in [-0.3, -0.25) is 0 Å². The lowest BCUT2D eigenvalue weighted by molar-refractivity contribution is 1.18. The van der Waals surface area contributed by atoms with E-state index in [4.69, 9.17) is 11.6 Å². The fourth-order valence-electron chi connectivity index (χ4n) is 1.77. The van der Waals surface area contributed by atoms with Crippen LogP contribution in [0.4, 0.5) is 0 Å². The van der Waals surface area contributed by atoms with Crippen LogP contribution in [0.1, 0.15) is 32.6 Å². The van der Waals surface area contributed by atoms with Gasteiger partial charge in [0.1, 0.15) is 0 Å². The molecular formula is C14H14BrClS. The fraction of sp³-hybridized carbons (Fsp3) is 0.286. The van der Waals surface area contributed by atoms with Gasteiger partial charge in [-0.15, -0.1) is 11.3 Å². The first-order chi connectivity index (χ1) is 8.13. The van der Waals surface area contributed by atoms with Gasteiger partial charge in [-0.05, 0) is 42.7 Å². The molecule has 0 amide bonds. The minimum atomic E-state index is 0.242. The Labute approximate surface area is 120 Å². The van der Waals surface area contributed by atoms with E-state index in [1.54, 1.807) is 0 Å². The molecule has 1 unspecified atom stereocenters. The third kappa shape index (κ3) is 2.75. The number of benzene rings is 1. The number of hydrogen-bond acceptors (Lipinski definition) is 1. The maximum absolute atomic E-state index is 6.16. The highest BCUT2D eigenvalue weighted by atomic mass is 79.9. The summed E-state index contributed by atoms with van der Waals surface area (Å²) in [6.07, 6.45) is 1.10. The number of halogens is 2. The maximum Gasteiger partial charge on any atom is 0.0741 e. The molecule has 2 rings (SSSR count). The van der Waals surface area contributed by atoms with Crippen LogP contribution in [0.15, 0.2) is 30.3 Å². The first-order valence-electron chi connectivity index (χ1n) is 5.61. The Morgan fingerprint density at radius 1 is 1.29 bits per heavy atom. The average Bonchev–Trinajstić information content (AvgIpc) is 2.80. The third-order valence-electron chi connectivity index (χ3n) is 2.86. The highest BCUT2D eigenvalue weighted by molar-refractivity contribution is 9.09. The molecule has 0 spiro atoms. The van der Waals surface area contributed by atoms with Gasteiger partial charge in [0, 0.05) is 14.8 Å². The Morgan fingerprint density at radius 2 is 2.06 bits per heavy atom. The first kappa shape index (κ1) is 13.1. The molecule has 0 fully saturated rings. The fourth-order valence-corrected chi connectivity index (χ4v) is 3.83. The number of alkyl halides is 1. The van der Waals surface area contributed by atoms with E-state index in [0.717, 1.165) is 17.0 Å². The first-order valence-corrected chi connectivity index (χ1v) is 7.72. The van der Waals surface area contributed by atoms with Crippen LogP contribution in [0.3, 0.4) is 0 Å². The summed E-state index contributed by atoms with van der Waals surface area (Å²) in [6.45, 7) is 4.25. The Kier molecular flexibility index (Phi) is 4.29. The lowest BCUT2D eigenvalue weighted by Crippen LogP contribution is -1.93. The monoisotopic (exact) mass is 328 g/mol. The van der Waals surface area contributed by atoms with Crippen LogP contribution < -0.4 is 0 Å². The van der Waals surface area contributed by atoms with Gasteiger partial charge < -0.3 is 0 Å². The summed E-state index contributed by atoms with van der Waals surface area (Å²) in [5.41, 5.74) is 2.41. The molecule has 2 aromatic rings. The van der Waals surface area contributed by atoms with Gasteiger partial charge in [-0.25, -0.2) is 0 Å². The summed E-state index contributed by atoms with van der Waals surface area (Å²) in [7, 11) is 0. The molecule has 0 nitrogen and oxygen atoms in total. The zero-order valence-corrected chi connectivity index (χ0v) is 13.0. The molecule has 3 heteroatoms. The normalized spacial score (nSPS) is 12.7. The highest BCUT2D eigenvalue weighted by Crippen LogP contribution is 2.38. The van der Waals surface area contributed by atoms with Crippen molar-refractivity contribution in [1.29, 1.82) is 0 Å². The molecule has 0 aliphatic heterocycles. The van der Waals surface area contributed by atoms with Gasteiger partial charge >= 0.3 is 0 Å². The summed E-state index contributed by atoms with van der Waals surface area (Å²) < 4.78 is 0. The molecule has 90 valence electrons. The molecule has 1 aromatic heterocycles. The molecular weight excluding hydrogens is 316 g/mol. The summed E-state index contributed by atoms with van der Waals surface area (Å²) in [5, 5.41) is 0.833. The molecule has 0 aliphatic carbocycles. The van der Waals surface area contributed by atoms with E-state index in [9.17, 15) is 0 Å². The molecule has 1 aromatic carbocycles. The van der Waals surface area contributed by atoms with Gasteiger partial charge in [0.15, 0.2) is 0 Å². The molecule has 1 atom stereocenters. The minimum absolute atomic E-state index is 0.242. The van der Waals surface area contributed by atoms with Gasteiger partial charge in [0.05, 0.1) is 4.83 Å². The summed E-state index contributed by atoms with van der Waals surface area (Å²) in [4.78, 5) is 3.00. The van der Waals surface area contributed by atoms with Crippen molar-refractivity contribution in [2.45, 2.75) is 25.1 Å². The molecule has 0 bridgehead atoms. The van der Waals surface area contributed by atoms with Crippen LogP contribution in [-0.4, -0.2) is 0 Å². The highest BCUT2D eigenvalue weighted by Gasteiger charge is 2.15. The molecule has 0 N–H and O–H groups in total. The van der Waals surface area contributed by atoms with Crippen molar-refractivity contribution in [3.63, 3.8) is 0 Å². The number of rotatable bonds is 3. The Morgan fingerprint density at radius 3 is 2.71 bits per heavy atom. The van der Waals surface area contributed by atoms with Gasteiger partial charge in [-0.1, -0.05) is 46.6 Å². The summed E-state index contributed by atoms with van der Waals surface area (Å²) >= 11 is 11.8. The maximum atomic E-state index is 6.16. The van der Waals surface area contributed by atoms with Crippen LogP contribution in [-0.2, 0) is 6.42 Å². The smallest absolute Gasteiger partial charge is 0.0741 e. The van der Waals surface area contributed by atoms with Crippen molar-refractivity contribution in [1.82, 2.24) is 0 Å². The van der Waals surface area contributed by atoms with E-state index in [1.165, 1.54) is 15.3 Å². The molecule has 0 radical (unpaired) electrons. The number of thiophene rings is 1. The van der Waals surface area contributed by atoms with Crippen LogP contribution in [0.2, 0.25) is 5.02 Å². The van der Waals surface area contributed by atoms with Crippen molar-refractivity contribution < 1.29 is 0 Å². The van der Waals surface area contributed by atoms with Crippen molar-refractivity contribution >= 4 is 38.9 Å². The second kappa shape index (κ2) is 5.55. The van der Waals surface area contributed by atoms with E-state index >= 15 is 0 Å². The van der Waals surface area contributed by atoms with E-state index in [2.05, 4.69) is 48.0 Å². The van der Waals surface area contributed by atoms with Gasteiger partial charge in [-0.2, -0.15) is 0 Å². The van der Waals surface area contributed by atoms with Crippen LogP contribution >= 0.6 is 38.9 Å². The minimum Gasteiger partial charge on any atom is -0.144 e. The number of aryl methyl sites for hydroxylation is 1. The Hall–Kier alpha value is -0.310. The van der Waals surface area contributed by atoms with Crippen LogP contribution in [0.5, 0.6) is 0 Å². The Bertz CT molecular complexity index is 519. The molecule has 0 saturated heterocycles. The summed E-state index contributed by atoms with van der Waals surface area (Å²) in [6, 6.07) is 10.5. The topological polar surface area (TPSA) is 0 Å². The number of hydrogen-bond donors (Lipinski definition) is 0. The van der Waals surface area contributed by atoms with E-state index in [-0.39, 0.29) is 4.83 Å². The predicted molar refractivity (Wildman–Crippen MR) is 80.7 cm³/mol. The quantitative estimate of drug-likeness (QED) is 0.628. The van der Waals surface area contributed by atoms with E-state index < -0.39 is 0 Å². The lowest BCUT2D eigenvalue weighted by atomic mass is 10.1. The van der Waals surface area contributed by atoms with Crippen molar-refractivity contribution in [2.24, 2.45) is 0 Å². The van der Waals surface area contributed by atoms with Gasteiger partial charge in [0.25, 0.3) is 0 Å². The SMILES string of the molecule is CCc1ccc(C(Br)c2cccc(Cl)c2C)s1. The molecule has 1 heterocycles. The van der Waals surface area contributed by atoms with Gasteiger partial charge in [0.2, 0.25) is 0 Å². The van der Waals surface area contributed by atoms with Crippen molar-refractivity contribution in [3.8, 4) is 0 Å². The Balaban J connectivity index is 2.36. The molecule has 0 saturated carbocycles. The molecule has 0 aliphatic rings. The lowest BCUT2D eigenvalue weighted by Gasteiger charge is -2.12. The largest absolute Gasteiger partial charge is 0.144 e. The standard InChI is InChI=1S/C14H14BrClS/c1-3-10-7-8-13(17-10)14(15)11-5-4-6-12(16)9(11)2/h4-8,14H,3H2,1-2H3. The van der Waals surface area contributed by atoms with Crippen LogP contribution in [0.25, 0.3) is 0 Å². The average molecular weight is 330 g/mol. The third-order valence-corrected chi connectivity index (χ3v) is 5.86. The van der Waals surface area contributed by atoms with Crippen molar-refractivity contribution in [2.75, 3.05) is 0 Å². The van der Waals surface area contributed by atoms with E-state index in [1.807, 2.05) is 23.5 Å². The van der Waals surface area contributed by atoms with Crippen molar-refractivity contribution in [3.05, 3.63) is 56.2 Å². The second-order valence-corrected chi connectivity index (χ2v) is 6.50. The summed E-state index contributed by atoms with van der Waals surface area (Å²) in [5.74, 6) is 0. The van der Waals surface area contributed by atoms with Crippen LogP contribution in [0, 0.1) is 6.92 Å². The van der Waals surface area contributed by atoms with E-state index in [0.29, 0.717) is 0 Å². The zero-order chi connectivity index (χ0) is 12.4. The second-order valence-electron chi connectivity index (χ2n) is 3.97. The molecule has 17 heavy (non-hydrogen) atoms.